The number of nitrogens with zero attached hydrogens (tertiary/aromatic N) is 2. The molecule has 0 unspecified atom stereocenters. The number of hydrogen-bond donors (Lipinski definition) is 3. The fourth-order valence-corrected chi connectivity index (χ4v) is 2.84. The van der Waals surface area contributed by atoms with Crippen LogP contribution in [-0.4, -0.2) is 23.6 Å². The van der Waals surface area contributed by atoms with Gasteiger partial charge in [0.1, 0.15) is 18.2 Å². The predicted molar refractivity (Wildman–Crippen MR) is 78.0 cm³/mol. The summed E-state index contributed by atoms with van der Waals surface area (Å²) in [4.78, 5) is 8.71. The number of hydrogen-bond acceptors (Lipinski definition) is 6. The highest BCUT2D eigenvalue weighted by atomic mass is 16.5. The molecule has 0 saturated heterocycles. The second-order valence-electron chi connectivity index (χ2n) is 5.85. The summed E-state index contributed by atoms with van der Waals surface area (Å²) in [7, 11) is 1.63. The van der Waals surface area contributed by atoms with Crippen molar-refractivity contribution in [3.05, 3.63) is 11.9 Å². The second-order valence-corrected chi connectivity index (χ2v) is 5.85. The number of nitrogens with two attached hydrogens (primary N) is 1. The zero-order valence-corrected chi connectivity index (χ0v) is 11.9. The van der Waals surface area contributed by atoms with E-state index >= 15 is 0 Å². The molecule has 3 rings (SSSR count). The quantitative estimate of drug-likeness (QED) is 0.496. The molecule has 0 aromatic carbocycles. The van der Waals surface area contributed by atoms with Crippen molar-refractivity contribution >= 4 is 11.6 Å². The number of hydrazine groups is 1. The molecule has 110 valence electrons. The van der Waals surface area contributed by atoms with Crippen molar-refractivity contribution in [3.8, 4) is 0 Å². The molecule has 0 radical (unpaired) electrons. The topological polar surface area (TPSA) is 85.1 Å². The largest absolute Gasteiger partial charge is 0.377 e. The summed E-state index contributed by atoms with van der Waals surface area (Å²) in [6.07, 6.45) is 5.60. The first kappa shape index (κ1) is 13.6. The number of methoxy groups -OCH3 is 1. The van der Waals surface area contributed by atoms with Crippen LogP contribution < -0.4 is 16.6 Å². The average molecular weight is 277 g/mol. The summed E-state index contributed by atoms with van der Waals surface area (Å²) in [6.45, 7) is 1.39. The van der Waals surface area contributed by atoms with Gasteiger partial charge in [0.25, 0.3) is 0 Å². The van der Waals surface area contributed by atoms with Crippen molar-refractivity contribution < 1.29 is 4.74 Å². The molecule has 2 aliphatic carbocycles. The predicted octanol–water partition coefficient (Wildman–Crippen LogP) is 1.76. The average Bonchev–Trinajstić information content (AvgIpc) is 3.32. The number of rotatable bonds is 8. The zero-order chi connectivity index (χ0) is 13.9. The van der Waals surface area contributed by atoms with Crippen LogP contribution in [0.5, 0.6) is 0 Å². The van der Waals surface area contributed by atoms with Crippen LogP contribution in [0, 0.1) is 17.8 Å². The summed E-state index contributed by atoms with van der Waals surface area (Å²) in [5.41, 5.74) is 2.58. The lowest BCUT2D eigenvalue weighted by Crippen LogP contribution is -2.20. The van der Waals surface area contributed by atoms with Gasteiger partial charge in [-0.25, -0.2) is 15.8 Å². The highest BCUT2D eigenvalue weighted by Gasteiger charge is 2.41. The molecule has 6 nitrogen and oxygen atoms in total. The molecule has 2 aliphatic rings. The van der Waals surface area contributed by atoms with Crippen molar-refractivity contribution in [2.45, 2.75) is 32.3 Å². The van der Waals surface area contributed by atoms with Gasteiger partial charge in [-0.2, -0.15) is 0 Å². The molecule has 0 atom stereocenters. The minimum Gasteiger partial charge on any atom is -0.377 e. The standard InChI is InChI=1S/C14H23N5O/c1-20-8-14-17-12(6-13(18-14)19-15)16-7-11(9-2-3-9)10-4-5-10/h6,9-11H,2-5,7-8,15H2,1H3,(H2,16,17,18,19). The highest BCUT2D eigenvalue weighted by Crippen LogP contribution is 2.49. The van der Waals surface area contributed by atoms with Gasteiger partial charge in [0, 0.05) is 19.7 Å². The van der Waals surface area contributed by atoms with Crippen molar-refractivity contribution in [3.63, 3.8) is 0 Å². The Morgan fingerprint density at radius 2 is 1.90 bits per heavy atom. The lowest BCUT2D eigenvalue weighted by Gasteiger charge is -2.17. The monoisotopic (exact) mass is 277 g/mol. The van der Waals surface area contributed by atoms with Gasteiger partial charge in [0.15, 0.2) is 5.82 Å². The number of aromatic nitrogens is 2. The van der Waals surface area contributed by atoms with E-state index < -0.39 is 0 Å². The molecule has 0 amide bonds. The Hall–Kier alpha value is -1.40. The van der Waals surface area contributed by atoms with E-state index in [-0.39, 0.29) is 0 Å². The van der Waals surface area contributed by atoms with Gasteiger partial charge >= 0.3 is 0 Å². The lowest BCUT2D eigenvalue weighted by atomic mass is 9.98. The molecule has 20 heavy (non-hydrogen) atoms. The van der Waals surface area contributed by atoms with Crippen molar-refractivity contribution in [1.82, 2.24) is 9.97 Å². The Morgan fingerprint density at radius 1 is 1.25 bits per heavy atom. The van der Waals surface area contributed by atoms with E-state index in [4.69, 9.17) is 10.6 Å². The maximum absolute atomic E-state index is 5.45. The Morgan fingerprint density at radius 3 is 2.45 bits per heavy atom. The first-order valence-electron chi connectivity index (χ1n) is 7.37. The Kier molecular flexibility index (Phi) is 4.03. The van der Waals surface area contributed by atoms with E-state index in [0.29, 0.717) is 18.2 Å². The van der Waals surface area contributed by atoms with E-state index in [1.165, 1.54) is 25.7 Å². The summed E-state index contributed by atoms with van der Waals surface area (Å²) in [6, 6.07) is 1.84. The van der Waals surface area contributed by atoms with Crippen LogP contribution in [0.4, 0.5) is 11.6 Å². The maximum atomic E-state index is 5.45. The van der Waals surface area contributed by atoms with Crippen molar-refractivity contribution in [2.75, 3.05) is 24.4 Å². The molecular weight excluding hydrogens is 254 g/mol. The maximum Gasteiger partial charge on any atom is 0.158 e. The third-order valence-corrected chi connectivity index (χ3v) is 4.17. The van der Waals surface area contributed by atoms with Crippen molar-refractivity contribution in [2.24, 2.45) is 23.6 Å². The SMILES string of the molecule is COCc1nc(NN)cc(NCC(C2CC2)C2CC2)n1. The van der Waals surface area contributed by atoms with Crippen LogP contribution in [0.15, 0.2) is 6.07 Å². The van der Waals surface area contributed by atoms with E-state index in [1.807, 2.05) is 6.07 Å². The van der Waals surface area contributed by atoms with Gasteiger partial charge in [-0.1, -0.05) is 0 Å². The van der Waals surface area contributed by atoms with Gasteiger partial charge in [0.05, 0.1) is 0 Å². The first-order valence-corrected chi connectivity index (χ1v) is 7.37. The third-order valence-electron chi connectivity index (χ3n) is 4.17. The summed E-state index contributed by atoms with van der Waals surface area (Å²) in [5, 5.41) is 3.46. The molecule has 0 aliphatic heterocycles. The molecule has 6 heteroatoms. The second kappa shape index (κ2) is 5.93. The minimum absolute atomic E-state index is 0.388. The highest BCUT2D eigenvalue weighted by molar-refractivity contribution is 5.46. The van der Waals surface area contributed by atoms with Crippen LogP contribution in [0.3, 0.4) is 0 Å². The van der Waals surface area contributed by atoms with Crippen molar-refractivity contribution in [1.29, 1.82) is 0 Å². The number of ether oxygens (including phenoxy) is 1. The number of nitrogens with one attached hydrogen (secondary N) is 2. The smallest absolute Gasteiger partial charge is 0.158 e. The molecule has 1 heterocycles. The van der Waals surface area contributed by atoms with Gasteiger partial charge in [-0.05, 0) is 43.4 Å². The fraction of sp³-hybridized carbons (Fsp3) is 0.714. The van der Waals surface area contributed by atoms with Gasteiger partial charge in [-0.15, -0.1) is 0 Å². The molecule has 2 saturated carbocycles. The number of anilines is 2. The fourth-order valence-electron chi connectivity index (χ4n) is 2.84. The lowest BCUT2D eigenvalue weighted by molar-refractivity contribution is 0.178. The molecule has 1 aromatic rings. The van der Waals surface area contributed by atoms with E-state index in [2.05, 4.69) is 20.7 Å². The van der Waals surface area contributed by atoms with Gasteiger partial charge in [-0.3, -0.25) is 0 Å². The Labute approximate surface area is 119 Å². The molecule has 0 spiro atoms. The molecule has 0 bridgehead atoms. The third kappa shape index (κ3) is 3.37. The molecule has 1 aromatic heterocycles. The van der Waals surface area contributed by atoms with Crippen LogP contribution >= 0.6 is 0 Å². The summed E-state index contributed by atoms with van der Waals surface area (Å²) >= 11 is 0. The normalized spacial score (nSPS) is 18.4. The van der Waals surface area contributed by atoms with Crippen LogP contribution in [0.25, 0.3) is 0 Å². The van der Waals surface area contributed by atoms with Crippen LogP contribution in [-0.2, 0) is 11.3 Å². The van der Waals surface area contributed by atoms with Crippen LogP contribution in [0.1, 0.15) is 31.5 Å². The molecule has 4 N–H and O–H groups in total. The molecular formula is C14H23N5O. The minimum atomic E-state index is 0.388. The van der Waals surface area contributed by atoms with E-state index in [9.17, 15) is 0 Å². The molecule has 2 fully saturated rings. The van der Waals surface area contributed by atoms with Gasteiger partial charge in [0.2, 0.25) is 0 Å². The Bertz CT molecular complexity index is 447. The first-order chi connectivity index (χ1) is 9.80. The van der Waals surface area contributed by atoms with Crippen LogP contribution in [0.2, 0.25) is 0 Å². The van der Waals surface area contributed by atoms with Gasteiger partial charge < -0.3 is 15.5 Å². The van der Waals surface area contributed by atoms with E-state index in [1.54, 1.807) is 7.11 Å². The zero-order valence-electron chi connectivity index (χ0n) is 11.9. The summed E-state index contributed by atoms with van der Waals surface area (Å²) in [5.74, 6) is 10.2. The van der Waals surface area contributed by atoms with E-state index in [0.717, 1.165) is 30.1 Å². The summed E-state index contributed by atoms with van der Waals surface area (Å²) < 4.78 is 5.08. The Balaban J connectivity index is 1.64. The number of nitrogen functional groups attached to an aromatic ring is 1.